The molecule has 18 heavy (non-hydrogen) atoms. The average Bonchev–Trinajstić information content (AvgIpc) is 2.39. The molecule has 1 nitrogen and oxygen atoms in total. The molecule has 1 aromatic rings. The maximum absolute atomic E-state index is 12.5. The van der Waals surface area contributed by atoms with E-state index >= 15 is 0 Å². The van der Waals surface area contributed by atoms with E-state index in [0.717, 1.165) is 37.8 Å². The van der Waals surface area contributed by atoms with Gasteiger partial charge in [-0.25, -0.2) is 0 Å². The molecule has 1 aliphatic heterocycles. The molecule has 0 bridgehead atoms. The standard InChI is InChI=1S/C14H18F3N/c1-2-13(9-3-4-10-18-13)11-5-7-12(8-6-11)14(15,16)17/h5-8,18H,2-4,9-10H2,1H3. The largest absolute Gasteiger partial charge is 0.416 e. The Morgan fingerprint density at radius 2 is 1.83 bits per heavy atom. The average molecular weight is 257 g/mol. The summed E-state index contributed by atoms with van der Waals surface area (Å²) in [5.74, 6) is 0. The minimum atomic E-state index is -4.25. The van der Waals surface area contributed by atoms with Crippen molar-refractivity contribution in [2.75, 3.05) is 6.54 Å². The number of nitrogens with one attached hydrogen (secondary N) is 1. The second kappa shape index (κ2) is 4.92. The predicted molar refractivity (Wildman–Crippen MR) is 65.3 cm³/mol. The molecular weight excluding hydrogens is 239 g/mol. The molecule has 1 aromatic carbocycles. The lowest BCUT2D eigenvalue weighted by molar-refractivity contribution is -0.137. The smallest absolute Gasteiger partial charge is 0.307 e. The minimum absolute atomic E-state index is 0.137. The fourth-order valence-corrected chi connectivity index (χ4v) is 2.70. The maximum atomic E-state index is 12.5. The molecule has 4 heteroatoms. The fraction of sp³-hybridized carbons (Fsp3) is 0.571. The summed E-state index contributed by atoms with van der Waals surface area (Å²) in [5.41, 5.74) is 0.258. The van der Waals surface area contributed by atoms with Gasteiger partial charge in [0.25, 0.3) is 0 Å². The van der Waals surface area contributed by atoms with Crippen LogP contribution in [0.1, 0.15) is 43.7 Å². The first-order valence-corrected chi connectivity index (χ1v) is 6.41. The highest BCUT2D eigenvalue weighted by atomic mass is 19.4. The molecule has 0 aliphatic carbocycles. The molecule has 1 saturated heterocycles. The van der Waals surface area contributed by atoms with Gasteiger partial charge < -0.3 is 5.32 Å². The Bertz CT molecular complexity index is 388. The van der Waals surface area contributed by atoms with Crippen LogP contribution < -0.4 is 5.32 Å². The zero-order chi connectivity index (χ0) is 13.2. The minimum Gasteiger partial charge on any atom is -0.307 e. The molecular formula is C14H18F3N. The lowest BCUT2D eigenvalue weighted by Gasteiger charge is -2.38. The highest BCUT2D eigenvalue weighted by Gasteiger charge is 2.34. The molecule has 1 fully saturated rings. The summed E-state index contributed by atoms with van der Waals surface area (Å²) >= 11 is 0. The molecule has 1 heterocycles. The van der Waals surface area contributed by atoms with Crippen LogP contribution in [0.3, 0.4) is 0 Å². The van der Waals surface area contributed by atoms with Crippen molar-refractivity contribution in [1.29, 1.82) is 0 Å². The Morgan fingerprint density at radius 1 is 1.17 bits per heavy atom. The molecule has 0 saturated carbocycles. The van der Waals surface area contributed by atoms with Gasteiger partial charge in [-0.05, 0) is 43.5 Å². The van der Waals surface area contributed by atoms with Crippen LogP contribution in [-0.2, 0) is 11.7 Å². The normalized spacial score (nSPS) is 25.1. The van der Waals surface area contributed by atoms with Crippen LogP contribution in [-0.4, -0.2) is 6.54 Å². The molecule has 1 N–H and O–H groups in total. The zero-order valence-corrected chi connectivity index (χ0v) is 10.5. The van der Waals surface area contributed by atoms with Gasteiger partial charge in [-0.3, -0.25) is 0 Å². The van der Waals surface area contributed by atoms with Crippen molar-refractivity contribution in [3.63, 3.8) is 0 Å². The van der Waals surface area contributed by atoms with E-state index in [-0.39, 0.29) is 5.54 Å². The van der Waals surface area contributed by atoms with Gasteiger partial charge in [0.1, 0.15) is 0 Å². The zero-order valence-electron chi connectivity index (χ0n) is 10.5. The topological polar surface area (TPSA) is 12.0 Å². The van der Waals surface area contributed by atoms with E-state index in [2.05, 4.69) is 12.2 Å². The van der Waals surface area contributed by atoms with E-state index in [1.54, 1.807) is 12.1 Å². The molecule has 0 amide bonds. The Labute approximate surface area is 105 Å². The quantitative estimate of drug-likeness (QED) is 0.841. The summed E-state index contributed by atoms with van der Waals surface area (Å²) < 4.78 is 37.6. The van der Waals surface area contributed by atoms with Gasteiger partial charge in [-0.1, -0.05) is 25.5 Å². The molecule has 0 aromatic heterocycles. The Morgan fingerprint density at radius 3 is 2.28 bits per heavy atom. The second-order valence-electron chi connectivity index (χ2n) is 4.89. The van der Waals surface area contributed by atoms with E-state index in [1.807, 2.05) is 0 Å². The number of rotatable bonds is 2. The van der Waals surface area contributed by atoms with Crippen LogP contribution in [0.2, 0.25) is 0 Å². The number of halogens is 3. The van der Waals surface area contributed by atoms with Gasteiger partial charge in [0.15, 0.2) is 0 Å². The Hall–Kier alpha value is -1.03. The third-order valence-corrected chi connectivity index (χ3v) is 3.86. The summed E-state index contributed by atoms with van der Waals surface area (Å²) in [5, 5.41) is 3.48. The third kappa shape index (κ3) is 2.53. The number of alkyl halides is 3. The monoisotopic (exact) mass is 257 g/mol. The van der Waals surface area contributed by atoms with Crippen LogP contribution in [0.4, 0.5) is 13.2 Å². The van der Waals surface area contributed by atoms with Gasteiger partial charge >= 0.3 is 6.18 Å². The Kier molecular flexibility index (Phi) is 3.66. The van der Waals surface area contributed by atoms with Crippen LogP contribution in [0.25, 0.3) is 0 Å². The van der Waals surface area contributed by atoms with Gasteiger partial charge in [0.05, 0.1) is 5.56 Å². The maximum Gasteiger partial charge on any atom is 0.416 e. The number of hydrogen-bond acceptors (Lipinski definition) is 1. The van der Waals surface area contributed by atoms with E-state index in [1.165, 1.54) is 12.1 Å². The van der Waals surface area contributed by atoms with Crippen molar-refractivity contribution in [3.05, 3.63) is 35.4 Å². The first-order chi connectivity index (χ1) is 8.48. The van der Waals surface area contributed by atoms with Crippen LogP contribution in [0.5, 0.6) is 0 Å². The van der Waals surface area contributed by atoms with Gasteiger partial charge in [-0.2, -0.15) is 13.2 Å². The number of benzene rings is 1. The third-order valence-electron chi connectivity index (χ3n) is 3.86. The highest BCUT2D eigenvalue weighted by Crippen LogP contribution is 2.35. The molecule has 1 unspecified atom stereocenters. The van der Waals surface area contributed by atoms with E-state index in [0.29, 0.717) is 0 Å². The molecule has 100 valence electrons. The van der Waals surface area contributed by atoms with Crippen LogP contribution in [0, 0.1) is 0 Å². The molecule has 1 aliphatic rings. The van der Waals surface area contributed by atoms with Gasteiger partial charge in [-0.15, -0.1) is 0 Å². The fourth-order valence-electron chi connectivity index (χ4n) is 2.70. The van der Waals surface area contributed by atoms with Crippen molar-refractivity contribution in [2.24, 2.45) is 0 Å². The van der Waals surface area contributed by atoms with E-state index in [9.17, 15) is 13.2 Å². The van der Waals surface area contributed by atoms with E-state index < -0.39 is 11.7 Å². The molecule has 0 spiro atoms. The SMILES string of the molecule is CCC1(c2ccc(C(F)(F)F)cc2)CCCCN1. The van der Waals surface area contributed by atoms with Crippen molar-refractivity contribution in [3.8, 4) is 0 Å². The van der Waals surface area contributed by atoms with Crippen molar-refractivity contribution in [1.82, 2.24) is 5.32 Å². The first-order valence-electron chi connectivity index (χ1n) is 6.41. The predicted octanol–water partition coefficient (Wildman–Crippen LogP) is 4.08. The van der Waals surface area contributed by atoms with Crippen molar-refractivity contribution < 1.29 is 13.2 Å². The van der Waals surface area contributed by atoms with Gasteiger partial charge in [0.2, 0.25) is 0 Å². The summed E-state index contributed by atoms with van der Waals surface area (Å²) in [4.78, 5) is 0. The van der Waals surface area contributed by atoms with Crippen molar-refractivity contribution >= 4 is 0 Å². The first kappa shape index (κ1) is 13.4. The molecule has 1 atom stereocenters. The molecule has 2 rings (SSSR count). The second-order valence-corrected chi connectivity index (χ2v) is 4.89. The summed E-state index contributed by atoms with van der Waals surface area (Å²) in [6.45, 7) is 3.02. The number of piperidine rings is 1. The Balaban J connectivity index is 2.27. The summed E-state index contributed by atoms with van der Waals surface area (Å²) in [7, 11) is 0. The van der Waals surface area contributed by atoms with Crippen molar-refractivity contribution in [2.45, 2.75) is 44.3 Å². The van der Waals surface area contributed by atoms with Gasteiger partial charge in [0, 0.05) is 5.54 Å². The number of hydrogen-bond donors (Lipinski definition) is 1. The lowest BCUT2D eigenvalue weighted by atomic mass is 9.80. The molecule has 0 radical (unpaired) electrons. The summed E-state index contributed by atoms with van der Waals surface area (Å²) in [6.07, 6.45) is -0.0879. The highest BCUT2D eigenvalue weighted by molar-refractivity contribution is 5.30. The lowest BCUT2D eigenvalue weighted by Crippen LogP contribution is -2.45. The van der Waals surface area contributed by atoms with E-state index in [4.69, 9.17) is 0 Å². The summed E-state index contributed by atoms with van der Waals surface area (Å²) in [6, 6.07) is 5.60. The van der Waals surface area contributed by atoms with Crippen LogP contribution in [0.15, 0.2) is 24.3 Å². The van der Waals surface area contributed by atoms with Crippen LogP contribution >= 0.6 is 0 Å².